The van der Waals surface area contributed by atoms with Crippen LogP contribution in [0.4, 0.5) is 8.78 Å². The van der Waals surface area contributed by atoms with Crippen molar-refractivity contribution >= 4 is 29.9 Å². The van der Waals surface area contributed by atoms with Crippen molar-refractivity contribution in [2.75, 3.05) is 26.3 Å². The second kappa shape index (κ2) is 13.2. The predicted molar refractivity (Wildman–Crippen MR) is 106 cm³/mol. The highest BCUT2D eigenvalue weighted by molar-refractivity contribution is 14.0. The Morgan fingerprint density at radius 3 is 2.60 bits per heavy atom. The molecule has 1 atom stereocenters. The van der Waals surface area contributed by atoms with Gasteiger partial charge in [0.05, 0.1) is 19.3 Å². The van der Waals surface area contributed by atoms with Gasteiger partial charge in [-0.2, -0.15) is 0 Å². The van der Waals surface area contributed by atoms with E-state index < -0.39 is 17.7 Å². The van der Waals surface area contributed by atoms with E-state index in [9.17, 15) is 13.9 Å². The number of aliphatic imine (C=N–C) groups is 1. The molecule has 0 aromatic heterocycles. The van der Waals surface area contributed by atoms with Crippen LogP contribution in [0.1, 0.15) is 26.3 Å². The molecule has 1 aromatic carbocycles. The molecule has 1 unspecified atom stereocenters. The summed E-state index contributed by atoms with van der Waals surface area (Å²) >= 11 is 0. The largest absolute Gasteiger partial charge is 0.389 e. The Labute approximate surface area is 165 Å². The van der Waals surface area contributed by atoms with Crippen molar-refractivity contribution in [2.24, 2.45) is 10.9 Å². The fourth-order valence-corrected chi connectivity index (χ4v) is 1.88. The monoisotopic (exact) mass is 471 g/mol. The van der Waals surface area contributed by atoms with E-state index in [2.05, 4.69) is 15.6 Å². The zero-order valence-electron chi connectivity index (χ0n) is 14.9. The lowest BCUT2D eigenvalue weighted by Gasteiger charge is -2.16. The van der Waals surface area contributed by atoms with E-state index in [4.69, 9.17) is 4.74 Å². The molecule has 0 amide bonds. The molecule has 0 saturated carbocycles. The van der Waals surface area contributed by atoms with Crippen LogP contribution in [0, 0.1) is 17.6 Å². The van der Waals surface area contributed by atoms with Crippen LogP contribution in [0.15, 0.2) is 23.2 Å². The highest BCUT2D eigenvalue weighted by atomic mass is 127. The Morgan fingerprint density at radius 1 is 1.24 bits per heavy atom. The van der Waals surface area contributed by atoms with Crippen LogP contribution in [0.25, 0.3) is 0 Å². The molecule has 3 N–H and O–H groups in total. The quantitative estimate of drug-likeness (QED) is 0.295. The van der Waals surface area contributed by atoms with Crippen molar-refractivity contribution in [1.29, 1.82) is 0 Å². The maximum absolute atomic E-state index is 13.6. The van der Waals surface area contributed by atoms with Crippen LogP contribution >= 0.6 is 24.0 Å². The third-order valence-corrected chi connectivity index (χ3v) is 3.03. The van der Waals surface area contributed by atoms with Gasteiger partial charge >= 0.3 is 0 Å². The normalized spacial score (nSPS) is 12.7. The molecule has 0 aliphatic heterocycles. The van der Waals surface area contributed by atoms with Gasteiger partial charge in [0.25, 0.3) is 0 Å². The molecule has 0 aliphatic rings. The number of guanidine groups is 1. The molecule has 8 heteroatoms. The number of halogens is 3. The van der Waals surface area contributed by atoms with Crippen molar-refractivity contribution in [1.82, 2.24) is 10.6 Å². The van der Waals surface area contributed by atoms with E-state index in [1.165, 1.54) is 0 Å². The van der Waals surface area contributed by atoms with Crippen LogP contribution in [-0.4, -0.2) is 43.5 Å². The van der Waals surface area contributed by atoms with Gasteiger partial charge in [0.15, 0.2) is 5.96 Å². The van der Waals surface area contributed by atoms with E-state index in [-0.39, 0.29) is 49.2 Å². The lowest BCUT2D eigenvalue weighted by molar-refractivity contribution is 0.0280. The smallest absolute Gasteiger partial charge is 0.191 e. The molecule has 0 saturated heterocycles. The average Bonchev–Trinajstić information content (AvgIpc) is 2.52. The third-order valence-electron chi connectivity index (χ3n) is 3.03. The number of aliphatic hydroxyl groups is 1. The molecule has 0 heterocycles. The average molecular weight is 471 g/mol. The second-order valence-corrected chi connectivity index (χ2v) is 5.90. The highest BCUT2D eigenvalue weighted by Gasteiger charge is 2.08. The molecule has 5 nitrogen and oxygen atoms in total. The molecule has 0 bridgehead atoms. The van der Waals surface area contributed by atoms with Crippen LogP contribution in [0.2, 0.25) is 0 Å². The maximum atomic E-state index is 13.6. The fourth-order valence-electron chi connectivity index (χ4n) is 1.88. The maximum Gasteiger partial charge on any atom is 0.191 e. The summed E-state index contributed by atoms with van der Waals surface area (Å²) in [5, 5.41) is 15.8. The van der Waals surface area contributed by atoms with Crippen molar-refractivity contribution in [3.63, 3.8) is 0 Å². The van der Waals surface area contributed by atoms with Crippen molar-refractivity contribution in [3.8, 4) is 0 Å². The van der Waals surface area contributed by atoms with E-state index in [0.29, 0.717) is 25.0 Å². The van der Waals surface area contributed by atoms with Gasteiger partial charge < -0.3 is 20.5 Å². The molecular weight excluding hydrogens is 443 g/mol. The Hall–Kier alpha value is -1.00. The minimum absolute atomic E-state index is 0. The van der Waals surface area contributed by atoms with Crippen LogP contribution in [-0.2, 0) is 11.3 Å². The van der Waals surface area contributed by atoms with Gasteiger partial charge in [0.1, 0.15) is 11.6 Å². The van der Waals surface area contributed by atoms with Gasteiger partial charge in [-0.15, -0.1) is 24.0 Å². The summed E-state index contributed by atoms with van der Waals surface area (Å²) in [5.74, 6) is -0.176. The van der Waals surface area contributed by atoms with Crippen LogP contribution in [0.5, 0.6) is 0 Å². The summed E-state index contributed by atoms with van der Waals surface area (Å²) in [4.78, 5) is 4.20. The van der Waals surface area contributed by atoms with E-state index in [1.54, 1.807) is 0 Å². The Morgan fingerprint density at radius 2 is 1.96 bits per heavy atom. The molecule has 25 heavy (non-hydrogen) atoms. The van der Waals surface area contributed by atoms with Crippen molar-refractivity contribution in [3.05, 3.63) is 35.4 Å². The number of nitrogens with zero attached hydrogens (tertiary/aromatic N) is 1. The zero-order valence-corrected chi connectivity index (χ0v) is 17.2. The summed E-state index contributed by atoms with van der Waals surface area (Å²) in [6.45, 7) is 7.62. The number of ether oxygens (including phenoxy) is 1. The molecule has 0 spiro atoms. The highest BCUT2D eigenvalue weighted by Crippen LogP contribution is 2.10. The lowest BCUT2D eigenvalue weighted by Crippen LogP contribution is -2.42. The predicted octanol–water partition coefficient (Wildman–Crippen LogP) is 2.67. The summed E-state index contributed by atoms with van der Waals surface area (Å²) in [5.41, 5.74) is 0.174. The van der Waals surface area contributed by atoms with Crippen molar-refractivity contribution < 1.29 is 18.6 Å². The van der Waals surface area contributed by atoms with E-state index in [1.807, 2.05) is 20.8 Å². The Balaban J connectivity index is 0.00000576. The molecular formula is C17H28F2IN3O2. The number of benzene rings is 1. The van der Waals surface area contributed by atoms with E-state index in [0.717, 1.165) is 18.2 Å². The standard InChI is InChI=1S/C17H27F2N3O2.HI/c1-4-20-17(22-9-15(23)11-24-10-12(2)3)21-8-13-7-14(18)5-6-16(13)19;/h5-7,12,15,23H,4,8-11H2,1-3H3,(H2,20,21,22);1H. The molecule has 0 fully saturated rings. The minimum atomic E-state index is -0.682. The van der Waals surface area contributed by atoms with Gasteiger partial charge in [-0.3, -0.25) is 0 Å². The third kappa shape index (κ3) is 10.6. The number of hydrogen-bond donors (Lipinski definition) is 3. The molecule has 144 valence electrons. The molecule has 0 radical (unpaired) electrons. The SMILES string of the molecule is CCNC(=NCc1cc(F)ccc1F)NCC(O)COCC(C)C.I. The lowest BCUT2D eigenvalue weighted by atomic mass is 10.2. The minimum Gasteiger partial charge on any atom is -0.389 e. The summed E-state index contributed by atoms with van der Waals surface area (Å²) in [6.07, 6.45) is -0.682. The van der Waals surface area contributed by atoms with Gasteiger partial charge in [-0.25, -0.2) is 13.8 Å². The fraction of sp³-hybridized carbons (Fsp3) is 0.588. The second-order valence-electron chi connectivity index (χ2n) is 5.90. The van der Waals surface area contributed by atoms with Gasteiger partial charge in [-0.05, 0) is 31.0 Å². The Kier molecular flexibility index (Phi) is 12.7. The molecule has 1 rings (SSSR count). The first kappa shape index (κ1) is 24.0. The molecule has 1 aromatic rings. The van der Waals surface area contributed by atoms with Crippen molar-refractivity contribution in [2.45, 2.75) is 33.4 Å². The number of nitrogens with one attached hydrogen (secondary N) is 2. The summed E-state index contributed by atoms with van der Waals surface area (Å²) in [6, 6.07) is 3.27. The first-order valence-electron chi connectivity index (χ1n) is 8.14. The topological polar surface area (TPSA) is 65.9 Å². The summed E-state index contributed by atoms with van der Waals surface area (Å²) in [7, 11) is 0. The Bertz CT molecular complexity index is 531. The van der Waals surface area contributed by atoms with E-state index >= 15 is 0 Å². The van der Waals surface area contributed by atoms with Gasteiger partial charge in [0, 0.05) is 25.3 Å². The first-order chi connectivity index (χ1) is 11.4. The number of rotatable bonds is 9. The number of aliphatic hydroxyl groups excluding tert-OH is 1. The van der Waals surface area contributed by atoms with Gasteiger partial charge in [0.2, 0.25) is 0 Å². The summed E-state index contributed by atoms with van der Waals surface area (Å²) < 4.78 is 32.1. The van der Waals surface area contributed by atoms with Crippen LogP contribution in [0.3, 0.4) is 0 Å². The van der Waals surface area contributed by atoms with Gasteiger partial charge in [-0.1, -0.05) is 13.8 Å². The first-order valence-corrected chi connectivity index (χ1v) is 8.14. The van der Waals surface area contributed by atoms with Crippen LogP contribution < -0.4 is 10.6 Å². The number of hydrogen-bond acceptors (Lipinski definition) is 3. The molecule has 0 aliphatic carbocycles. The zero-order chi connectivity index (χ0) is 17.9.